The Hall–Kier alpha value is -1.35. The van der Waals surface area contributed by atoms with Gasteiger partial charge in [0.15, 0.2) is 0 Å². The largest absolute Gasteiger partial charge is 0.338 e. The number of hydrogen-bond donors (Lipinski definition) is 1. The Kier molecular flexibility index (Phi) is 3.44. The van der Waals surface area contributed by atoms with Crippen molar-refractivity contribution in [1.82, 2.24) is 4.90 Å². The fourth-order valence-corrected chi connectivity index (χ4v) is 2.52. The second kappa shape index (κ2) is 4.73. The third-order valence-corrected chi connectivity index (χ3v) is 4.17. The molecule has 1 aromatic rings. The van der Waals surface area contributed by atoms with Gasteiger partial charge in [0.2, 0.25) is 0 Å². The standard InChI is InChI=1S/C15H22N2O/c1-11-5-4-6-13(12(11)2)14(18)17-8-7-15(3,9-16)10-17/h4-6H,7-10,16H2,1-3H3. The Morgan fingerprint density at radius 3 is 2.78 bits per heavy atom. The number of carbonyl (C=O) groups excluding carboxylic acids is 1. The van der Waals surface area contributed by atoms with Crippen molar-refractivity contribution in [2.24, 2.45) is 11.1 Å². The van der Waals surface area contributed by atoms with E-state index in [-0.39, 0.29) is 11.3 Å². The predicted octanol–water partition coefficient (Wildman–Crippen LogP) is 2.11. The number of likely N-dealkylation sites (tertiary alicyclic amines) is 1. The van der Waals surface area contributed by atoms with E-state index in [1.54, 1.807) is 0 Å². The summed E-state index contributed by atoms with van der Waals surface area (Å²) in [7, 11) is 0. The van der Waals surface area contributed by atoms with Crippen LogP contribution in [0.1, 0.15) is 34.8 Å². The topological polar surface area (TPSA) is 46.3 Å². The van der Waals surface area contributed by atoms with E-state index >= 15 is 0 Å². The van der Waals surface area contributed by atoms with Crippen molar-refractivity contribution in [1.29, 1.82) is 0 Å². The van der Waals surface area contributed by atoms with Crippen LogP contribution >= 0.6 is 0 Å². The van der Waals surface area contributed by atoms with Gasteiger partial charge >= 0.3 is 0 Å². The van der Waals surface area contributed by atoms with Gasteiger partial charge in [-0.15, -0.1) is 0 Å². The van der Waals surface area contributed by atoms with E-state index in [1.165, 1.54) is 5.56 Å². The molecule has 1 aromatic carbocycles. The smallest absolute Gasteiger partial charge is 0.254 e. The fourth-order valence-electron chi connectivity index (χ4n) is 2.52. The number of carbonyl (C=O) groups is 1. The normalized spacial score (nSPS) is 23.4. The van der Waals surface area contributed by atoms with Gasteiger partial charge in [-0.3, -0.25) is 4.79 Å². The average molecular weight is 246 g/mol. The Balaban J connectivity index is 2.21. The molecule has 2 N–H and O–H groups in total. The van der Waals surface area contributed by atoms with Crippen LogP contribution in [0.25, 0.3) is 0 Å². The Morgan fingerprint density at radius 1 is 1.44 bits per heavy atom. The lowest BCUT2D eigenvalue weighted by Gasteiger charge is -2.23. The first-order valence-electron chi connectivity index (χ1n) is 6.52. The molecule has 0 aromatic heterocycles. The van der Waals surface area contributed by atoms with Crippen molar-refractivity contribution >= 4 is 5.91 Å². The summed E-state index contributed by atoms with van der Waals surface area (Å²) in [6.07, 6.45) is 1.00. The molecule has 0 aliphatic carbocycles. The highest BCUT2D eigenvalue weighted by Gasteiger charge is 2.35. The number of amides is 1. The highest BCUT2D eigenvalue weighted by molar-refractivity contribution is 5.96. The molecule has 3 heteroatoms. The van der Waals surface area contributed by atoms with Gasteiger partial charge in [0.1, 0.15) is 0 Å². The second-order valence-corrected chi connectivity index (χ2v) is 5.74. The highest BCUT2D eigenvalue weighted by atomic mass is 16.2. The van der Waals surface area contributed by atoms with E-state index < -0.39 is 0 Å². The van der Waals surface area contributed by atoms with Crippen molar-refractivity contribution in [2.75, 3.05) is 19.6 Å². The molecule has 0 bridgehead atoms. The van der Waals surface area contributed by atoms with Crippen molar-refractivity contribution in [3.63, 3.8) is 0 Å². The lowest BCUT2D eigenvalue weighted by Crippen LogP contribution is -2.34. The first-order valence-corrected chi connectivity index (χ1v) is 6.52. The third-order valence-electron chi connectivity index (χ3n) is 4.17. The zero-order chi connectivity index (χ0) is 13.3. The van der Waals surface area contributed by atoms with E-state index in [2.05, 4.69) is 6.92 Å². The molecule has 2 rings (SSSR count). The number of aryl methyl sites for hydroxylation is 1. The van der Waals surface area contributed by atoms with Gasteiger partial charge in [0, 0.05) is 18.7 Å². The molecule has 0 radical (unpaired) electrons. The molecule has 1 heterocycles. The summed E-state index contributed by atoms with van der Waals surface area (Å²) in [6.45, 7) is 8.45. The van der Waals surface area contributed by atoms with Crippen molar-refractivity contribution in [2.45, 2.75) is 27.2 Å². The van der Waals surface area contributed by atoms with Gasteiger partial charge < -0.3 is 10.6 Å². The van der Waals surface area contributed by atoms with Crippen LogP contribution in [0.5, 0.6) is 0 Å². The first kappa shape index (κ1) is 13.1. The third kappa shape index (κ3) is 2.27. The van der Waals surface area contributed by atoms with Gasteiger partial charge in [-0.25, -0.2) is 0 Å². The predicted molar refractivity (Wildman–Crippen MR) is 73.6 cm³/mol. The molecule has 1 amide bonds. The van der Waals surface area contributed by atoms with E-state index in [4.69, 9.17) is 5.73 Å². The summed E-state index contributed by atoms with van der Waals surface area (Å²) >= 11 is 0. The van der Waals surface area contributed by atoms with Crippen LogP contribution in [0.4, 0.5) is 0 Å². The number of nitrogens with zero attached hydrogens (tertiary/aromatic N) is 1. The van der Waals surface area contributed by atoms with E-state index in [0.29, 0.717) is 6.54 Å². The van der Waals surface area contributed by atoms with Gasteiger partial charge in [0.25, 0.3) is 5.91 Å². The van der Waals surface area contributed by atoms with Crippen LogP contribution in [-0.2, 0) is 0 Å². The zero-order valence-electron chi connectivity index (χ0n) is 11.5. The maximum Gasteiger partial charge on any atom is 0.254 e. The minimum atomic E-state index is 0.0907. The Bertz CT molecular complexity index is 470. The lowest BCUT2D eigenvalue weighted by atomic mass is 9.90. The number of hydrogen-bond acceptors (Lipinski definition) is 2. The van der Waals surface area contributed by atoms with Crippen molar-refractivity contribution in [3.8, 4) is 0 Å². The average Bonchev–Trinajstić information content (AvgIpc) is 2.75. The minimum absolute atomic E-state index is 0.0907. The van der Waals surface area contributed by atoms with Gasteiger partial charge in [-0.2, -0.15) is 0 Å². The first-order chi connectivity index (χ1) is 8.47. The number of nitrogens with two attached hydrogens (primary N) is 1. The zero-order valence-corrected chi connectivity index (χ0v) is 11.5. The summed E-state index contributed by atoms with van der Waals surface area (Å²) in [4.78, 5) is 14.4. The highest BCUT2D eigenvalue weighted by Crippen LogP contribution is 2.30. The molecule has 3 nitrogen and oxygen atoms in total. The van der Waals surface area contributed by atoms with E-state index in [9.17, 15) is 4.79 Å². The van der Waals surface area contributed by atoms with Crippen LogP contribution in [-0.4, -0.2) is 30.4 Å². The van der Waals surface area contributed by atoms with Crippen molar-refractivity contribution in [3.05, 3.63) is 34.9 Å². The summed E-state index contributed by atoms with van der Waals surface area (Å²) in [5.41, 5.74) is 8.96. The molecule has 1 atom stereocenters. The van der Waals surface area contributed by atoms with Gasteiger partial charge in [0.05, 0.1) is 0 Å². The quantitative estimate of drug-likeness (QED) is 0.868. The van der Waals surface area contributed by atoms with Crippen LogP contribution in [0.2, 0.25) is 0 Å². The van der Waals surface area contributed by atoms with E-state index in [1.807, 2.05) is 36.9 Å². The summed E-state index contributed by atoms with van der Waals surface area (Å²) in [5.74, 6) is 0.147. The second-order valence-electron chi connectivity index (χ2n) is 5.74. The molecule has 98 valence electrons. The summed E-state index contributed by atoms with van der Waals surface area (Å²) < 4.78 is 0. The maximum atomic E-state index is 12.5. The van der Waals surface area contributed by atoms with Gasteiger partial charge in [-0.1, -0.05) is 19.1 Å². The minimum Gasteiger partial charge on any atom is -0.338 e. The monoisotopic (exact) mass is 246 g/mol. The molecule has 1 aliphatic heterocycles. The fraction of sp³-hybridized carbons (Fsp3) is 0.533. The Labute approximate surface area is 109 Å². The van der Waals surface area contributed by atoms with E-state index in [0.717, 1.165) is 30.6 Å². The Morgan fingerprint density at radius 2 is 2.17 bits per heavy atom. The van der Waals surface area contributed by atoms with Crippen LogP contribution < -0.4 is 5.73 Å². The molecular weight excluding hydrogens is 224 g/mol. The number of rotatable bonds is 2. The SMILES string of the molecule is Cc1cccc(C(=O)N2CCC(C)(CN)C2)c1C. The molecule has 1 aliphatic rings. The molecule has 0 saturated carbocycles. The van der Waals surface area contributed by atoms with Crippen LogP contribution in [0, 0.1) is 19.3 Å². The molecule has 1 saturated heterocycles. The van der Waals surface area contributed by atoms with Gasteiger partial charge in [-0.05, 0) is 49.4 Å². The van der Waals surface area contributed by atoms with Crippen LogP contribution in [0.15, 0.2) is 18.2 Å². The summed E-state index contributed by atoms with van der Waals surface area (Å²) in [5, 5.41) is 0. The maximum absolute atomic E-state index is 12.5. The molecule has 18 heavy (non-hydrogen) atoms. The summed E-state index contributed by atoms with van der Waals surface area (Å²) in [6, 6.07) is 5.91. The van der Waals surface area contributed by atoms with Crippen molar-refractivity contribution < 1.29 is 4.79 Å². The molecular formula is C15H22N2O. The molecule has 1 fully saturated rings. The lowest BCUT2D eigenvalue weighted by molar-refractivity contribution is 0.0776. The van der Waals surface area contributed by atoms with Crippen LogP contribution in [0.3, 0.4) is 0 Å². The molecule has 0 spiro atoms. The molecule has 1 unspecified atom stereocenters. The number of benzene rings is 1.